The molecule has 1 atom stereocenters. The van der Waals surface area contributed by atoms with Gasteiger partial charge in [0, 0.05) is 11.5 Å². The molecule has 0 radical (unpaired) electrons. The van der Waals surface area contributed by atoms with Crippen LogP contribution in [0.2, 0.25) is 0 Å². The molecule has 0 spiro atoms. The zero-order valence-electron chi connectivity index (χ0n) is 7.14. The molecule has 0 bridgehead atoms. The van der Waals surface area contributed by atoms with Gasteiger partial charge in [-0.3, -0.25) is 0 Å². The molecule has 0 N–H and O–H groups in total. The first kappa shape index (κ1) is 11.7. The first-order valence-corrected chi connectivity index (χ1v) is 3.65. The highest BCUT2D eigenvalue weighted by Crippen LogP contribution is 1.97. The van der Waals surface area contributed by atoms with E-state index in [1.165, 1.54) is 0 Å². The van der Waals surface area contributed by atoms with E-state index in [-0.39, 0.29) is 19.8 Å². The lowest BCUT2D eigenvalue weighted by molar-refractivity contribution is -0.168. The Balaban J connectivity index is 3.54. The first-order valence-electron chi connectivity index (χ1n) is 3.65. The molecule has 0 aromatic heterocycles. The van der Waals surface area contributed by atoms with Crippen molar-refractivity contribution in [3.8, 4) is 0 Å². The van der Waals surface area contributed by atoms with E-state index in [0.717, 1.165) is 0 Å². The minimum Gasteiger partial charge on any atom is -0.462 e. The number of azide groups is 1. The van der Waals surface area contributed by atoms with Crippen molar-refractivity contribution >= 4 is 5.97 Å². The fraction of sp³-hybridized carbons (Fsp3) is 0.833. The van der Waals surface area contributed by atoms with Crippen LogP contribution in [0.4, 0.5) is 4.39 Å². The monoisotopic (exact) mass is 191 g/mol. The van der Waals surface area contributed by atoms with Gasteiger partial charge in [-0.1, -0.05) is 5.11 Å². The molecule has 1 unspecified atom stereocenters. The number of rotatable bonds is 6. The molecule has 6 nitrogen and oxygen atoms in total. The van der Waals surface area contributed by atoms with Crippen molar-refractivity contribution in [3.05, 3.63) is 10.4 Å². The lowest BCUT2D eigenvalue weighted by atomic mass is 10.6. The average Bonchev–Trinajstić information content (AvgIpc) is 2.12. The maximum absolute atomic E-state index is 12.6. The number of carbonyl (C=O) groups excluding carboxylic acids is 1. The predicted octanol–water partition coefficient (Wildman–Crippen LogP) is 1.17. The third-order valence-corrected chi connectivity index (χ3v) is 0.991. The molecule has 0 amide bonds. The van der Waals surface area contributed by atoms with Crippen molar-refractivity contribution in [2.45, 2.75) is 13.3 Å². The van der Waals surface area contributed by atoms with E-state index in [2.05, 4.69) is 19.5 Å². The lowest BCUT2D eigenvalue weighted by Gasteiger charge is -2.06. The van der Waals surface area contributed by atoms with Crippen molar-refractivity contribution in [3.63, 3.8) is 0 Å². The molecule has 0 heterocycles. The van der Waals surface area contributed by atoms with Gasteiger partial charge in [0.1, 0.15) is 0 Å². The number of hydrogen-bond donors (Lipinski definition) is 0. The predicted molar refractivity (Wildman–Crippen MR) is 41.5 cm³/mol. The highest BCUT2D eigenvalue weighted by Gasteiger charge is 2.18. The number of halogens is 1. The van der Waals surface area contributed by atoms with Crippen LogP contribution < -0.4 is 0 Å². The van der Waals surface area contributed by atoms with E-state index in [1.807, 2.05) is 0 Å². The van der Waals surface area contributed by atoms with Crippen molar-refractivity contribution in [2.24, 2.45) is 5.11 Å². The molecule has 0 saturated carbocycles. The van der Waals surface area contributed by atoms with Crippen LogP contribution >= 0.6 is 0 Å². The van der Waals surface area contributed by atoms with Crippen LogP contribution in [0.5, 0.6) is 0 Å². The summed E-state index contributed by atoms with van der Waals surface area (Å²) >= 11 is 0. The van der Waals surface area contributed by atoms with E-state index in [9.17, 15) is 9.18 Å². The van der Waals surface area contributed by atoms with Crippen molar-refractivity contribution in [2.75, 3.05) is 19.8 Å². The van der Waals surface area contributed by atoms with E-state index in [0.29, 0.717) is 0 Å². The topological polar surface area (TPSA) is 84.3 Å². The van der Waals surface area contributed by atoms with Crippen LogP contribution in [-0.2, 0) is 14.3 Å². The first-order chi connectivity index (χ1) is 6.22. The zero-order valence-corrected chi connectivity index (χ0v) is 7.14. The molecule has 0 aliphatic rings. The van der Waals surface area contributed by atoms with E-state index < -0.39 is 12.3 Å². The molecule has 0 saturated heterocycles. The standard InChI is InChI=1S/C6H10FN3O3/c1-2-12-6(11)5(7)13-4-3-9-10-8/h5H,2-4H2,1H3. The molecule has 0 aliphatic heterocycles. The fourth-order valence-electron chi connectivity index (χ4n) is 0.518. The van der Waals surface area contributed by atoms with Gasteiger partial charge < -0.3 is 9.47 Å². The molecule has 0 aromatic rings. The summed E-state index contributed by atoms with van der Waals surface area (Å²) in [7, 11) is 0. The van der Waals surface area contributed by atoms with Gasteiger partial charge in [0.25, 0.3) is 6.36 Å². The molecule has 74 valence electrons. The van der Waals surface area contributed by atoms with Gasteiger partial charge in [-0.05, 0) is 12.5 Å². The molecule has 13 heavy (non-hydrogen) atoms. The Kier molecular flexibility index (Phi) is 6.58. The second-order valence-corrected chi connectivity index (χ2v) is 1.89. The molecular formula is C6H10FN3O3. The quantitative estimate of drug-likeness (QED) is 0.207. The Bertz CT molecular complexity index is 205. The summed E-state index contributed by atoms with van der Waals surface area (Å²) < 4.78 is 21.2. The fourth-order valence-corrected chi connectivity index (χ4v) is 0.518. The van der Waals surface area contributed by atoms with Gasteiger partial charge in [-0.25, -0.2) is 9.18 Å². The summed E-state index contributed by atoms with van der Waals surface area (Å²) in [5.74, 6) is -1.07. The number of nitrogens with zero attached hydrogens (tertiary/aromatic N) is 3. The third-order valence-electron chi connectivity index (χ3n) is 0.991. The number of hydrogen-bond acceptors (Lipinski definition) is 4. The van der Waals surface area contributed by atoms with E-state index in [1.54, 1.807) is 6.92 Å². The Morgan fingerprint density at radius 3 is 3.00 bits per heavy atom. The van der Waals surface area contributed by atoms with Crippen molar-refractivity contribution < 1.29 is 18.7 Å². The van der Waals surface area contributed by atoms with Crippen LogP contribution in [0.3, 0.4) is 0 Å². The van der Waals surface area contributed by atoms with Crippen LogP contribution in [0, 0.1) is 0 Å². The van der Waals surface area contributed by atoms with Crippen molar-refractivity contribution in [1.29, 1.82) is 0 Å². The van der Waals surface area contributed by atoms with Gasteiger partial charge in [0.05, 0.1) is 13.2 Å². The zero-order chi connectivity index (χ0) is 10.1. The second-order valence-electron chi connectivity index (χ2n) is 1.89. The average molecular weight is 191 g/mol. The van der Waals surface area contributed by atoms with Gasteiger partial charge in [0.15, 0.2) is 0 Å². The normalized spacial score (nSPS) is 11.5. The number of ether oxygens (including phenoxy) is 2. The van der Waals surface area contributed by atoms with Gasteiger partial charge >= 0.3 is 5.97 Å². The Labute approximate surface area is 74.3 Å². The highest BCUT2D eigenvalue weighted by molar-refractivity contribution is 5.72. The van der Waals surface area contributed by atoms with Gasteiger partial charge in [-0.2, -0.15) is 0 Å². The maximum atomic E-state index is 12.6. The largest absolute Gasteiger partial charge is 0.462 e. The summed E-state index contributed by atoms with van der Waals surface area (Å²) in [6, 6.07) is 0. The van der Waals surface area contributed by atoms with Crippen molar-refractivity contribution in [1.82, 2.24) is 0 Å². The van der Waals surface area contributed by atoms with Gasteiger partial charge in [0.2, 0.25) is 0 Å². The van der Waals surface area contributed by atoms with E-state index >= 15 is 0 Å². The Morgan fingerprint density at radius 2 is 2.46 bits per heavy atom. The van der Waals surface area contributed by atoms with Crippen LogP contribution in [-0.4, -0.2) is 32.1 Å². The van der Waals surface area contributed by atoms with Crippen LogP contribution in [0.1, 0.15) is 6.92 Å². The lowest BCUT2D eigenvalue weighted by Crippen LogP contribution is -2.23. The smallest absolute Gasteiger partial charge is 0.368 e. The molecule has 0 rings (SSSR count). The summed E-state index contributed by atoms with van der Waals surface area (Å²) in [6.07, 6.45) is -2.10. The number of carbonyl (C=O) groups is 1. The summed E-state index contributed by atoms with van der Waals surface area (Å²) in [5, 5.41) is 3.09. The summed E-state index contributed by atoms with van der Waals surface area (Å²) in [6.45, 7) is 1.49. The van der Waals surface area contributed by atoms with Gasteiger partial charge in [-0.15, -0.1) is 0 Å². The highest BCUT2D eigenvalue weighted by atomic mass is 19.1. The molecule has 7 heteroatoms. The Morgan fingerprint density at radius 1 is 1.77 bits per heavy atom. The minimum atomic E-state index is -2.10. The molecule has 0 aromatic carbocycles. The van der Waals surface area contributed by atoms with E-state index in [4.69, 9.17) is 5.53 Å². The maximum Gasteiger partial charge on any atom is 0.368 e. The number of esters is 1. The summed E-state index contributed by atoms with van der Waals surface area (Å²) in [5.41, 5.74) is 7.84. The molecule has 0 fully saturated rings. The third kappa shape index (κ3) is 5.89. The van der Waals surface area contributed by atoms with Crippen LogP contribution in [0.15, 0.2) is 5.11 Å². The minimum absolute atomic E-state index is 0.0175. The number of alkyl halides is 1. The van der Waals surface area contributed by atoms with Crippen LogP contribution in [0.25, 0.3) is 10.4 Å². The summed E-state index contributed by atoms with van der Waals surface area (Å²) in [4.78, 5) is 13.0. The molecular weight excluding hydrogens is 181 g/mol. The molecule has 0 aliphatic carbocycles. The SMILES string of the molecule is CCOC(=O)C(F)OCCN=[N+]=[N-]. The Hall–Kier alpha value is -1.33. The second kappa shape index (κ2) is 7.33.